The Morgan fingerprint density at radius 3 is 2.46 bits per heavy atom. The Kier molecular flexibility index (Phi) is 3.06. The van der Waals surface area contributed by atoms with Gasteiger partial charge in [0.15, 0.2) is 0 Å². The second-order valence-electron chi connectivity index (χ2n) is 3.46. The fraction of sp³-hybridized carbons (Fsp3) is 0.500. The molecule has 0 bridgehead atoms. The van der Waals surface area contributed by atoms with Gasteiger partial charge in [-0.05, 0) is 13.8 Å². The molecule has 0 spiro atoms. The molecular weight excluding hydrogens is 190 g/mol. The van der Waals surface area contributed by atoms with Crippen LogP contribution in [-0.2, 0) is 0 Å². The van der Waals surface area contributed by atoms with Crippen molar-refractivity contribution in [2.75, 3.05) is 6.61 Å². The van der Waals surface area contributed by atoms with Crippen molar-refractivity contribution in [1.82, 2.24) is 9.97 Å². The first-order valence-corrected chi connectivity index (χ1v) is 4.24. The van der Waals surface area contributed by atoms with Gasteiger partial charge in [-0.3, -0.25) is 0 Å². The van der Waals surface area contributed by atoms with E-state index in [1.54, 1.807) is 0 Å². The first kappa shape index (κ1) is 10.2. The van der Waals surface area contributed by atoms with Crippen molar-refractivity contribution >= 4 is 11.6 Å². The summed E-state index contributed by atoms with van der Waals surface area (Å²) in [6.45, 7) is 4.10. The zero-order chi connectivity index (χ0) is 9.90. The van der Waals surface area contributed by atoms with E-state index in [-0.39, 0.29) is 5.54 Å². The van der Waals surface area contributed by atoms with Gasteiger partial charge in [0.2, 0.25) is 0 Å². The molecule has 0 amide bonds. The van der Waals surface area contributed by atoms with Gasteiger partial charge < -0.3 is 10.5 Å². The number of nitrogens with two attached hydrogens (primary N) is 1. The Labute approximate surface area is 82.1 Å². The van der Waals surface area contributed by atoms with Crippen LogP contribution in [0.1, 0.15) is 13.8 Å². The van der Waals surface area contributed by atoms with Gasteiger partial charge in [0.05, 0.1) is 17.4 Å². The van der Waals surface area contributed by atoms with Crippen molar-refractivity contribution in [3.05, 3.63) is 17.4 Å². The Hall–Kier alpha value is -0.870. The van der Waals surface area contributed by atoms with E-state index in [4.69, 9.17) is 22.1 Å². The normalized spacial score (nSPS) is 11.4. The number of halogens is 1. The van der Waals surface area contributed by atoms with Gasteiger partial charge in [-0.15, -0.1) is 0 Å². The summed E-state index contributed by atoms with van der Waals surface area (Å²) in [5.41, 5.74) is 5.32. The highest BCUT2D eigenvalue weighted by Gasteiger charge is 2.12. The Bertz CT molecular complexity index is 268. The molecule has 1 heterocycles. The highest BCUT2D eigenvalue weighted by molar-refractivity contribution is 6.30. The fourth-order valence-corrected chi connectivity index (χ4v) is 0.723. The molecule has 0 unspecified atom stereocenters. The highest BCUT2D eigenvalue weighted by atomic mass is 35.5. The number of ether oxygens (including phenoxy) is 1. The van der Waals surface area contributed by atoms with E-state index in [0.29, 0.717) is 17.6 Å². The molecule has 0 aliphatic carbocycles. The zero-order valence-electron chi connectivity index (χ0n) is 7.62. The van der Waals surface area contributed by atoms with Crippen LogP contribution in [-0.4, -0.2) is 22.1 Å². The topological polar surface area (TPSA) is 61.0 Å². The minimum Gasteiger partial charge on any atom is -0.462 e. The van der Waals surface area contributed by atoms with Gasteiger partial charge in [0.1, 0.15) is 6.61 Å². The summed E-state index contributed by atoms with van der Waals surface area (Å²) in [6.07, 6.45) is 2.96. The summed E-state index contributed by atoms with van der Waals surface area (Å²) < 4.78 is 5.22. The number of hydrogen-bond donors (Lipinski definition) is 1. The number of rotatable bonds is 3. The zero-order valence-corrected chi connectivity index (χ0v) is 8.38. The van der Waals surface area contributed by atoms with Crippen LogP contribution < -0.4 is 10.5 Å². The minimum absolute atomic E-state index is 0.294. The second-order valence-corrected chi connectivity index (χ2v) is 3.90. The lowest BCUT2D eigenvalue weighted by Gasteiger charge is -2.17. The molecular formula is C8H12ClN3O. The molecule has 0 atom stereocenters. The molecule has 0 aliphatic rings. The van der Waals surface area contributed by atoms with Gasteiger partial charge in [0, 0.05) is 5.54 Å². The van der Waals surface area contributed by atoms with Crippen LogP contribution in [0, 0.1) is 0 Å². The lowest BCUT2D eigenvalue weighted by atomic mass is 10.1. The Morgan fingerprint density at radius 1 is 1.46 bits per heavy atom. The van der Waals surface area contributed by atoms with Crippen molar-refractivity contribution in [3.8, 4) is 6.01 Å². The number of hydrogen-bond acceptors (Lipinski definition) is 4. The van der Waals surface area contributed by atoms with Crippen molar-refractivity contribution in [2.45, 2.75) is 19.4 Å². The van der Waals surface area contributed by atoms with E-state index in [1.165, 1.54) is 12.4 Å². The van der Waals surface area contributed by atoms with Crippen LogP contribution in [0.15, 0.2) is 12.4 Å². The monoisotopic (exact) mass is 201 g/mol. The van der Waals surface area contributed by atoms with Gasteiger partial charge in [-0.1, -0.05) is 11.6 Å². The summed E-state index contributed by atoms with van der Waals surface area (Å²) in [5, 5.41) is 0.486. The van der Waals surface area contributed by atoms with E-state index >= 15 is 0 Å². The Balaban J connectivity index is 2.51. The molecule has 0 radical (unpaired) electrons. The average molecular weight is 202 g/mol. The quantitative estimate of drug-likeness (QED) is 0.800. The van der Waals surface area contributed by atoms with Gasteiger partial charge in [-0.2, -0.15) is 0 Å². The molecule has 2 N–H and O–H groups in total. The minimum atomic E-state index is -0.386. The molecule has 5 heteroatoms. The van der Waals surface area contributed by atoms with Crippen molar-refractivity contribution in [2.24, 2.45) is 5.73 Å². The van der Waals surface area contributed by atoms with Crippen LogP contribution in [0.25, 0.3) is 0 Å². The van der Waals surface area contributed by atoms with Crippen molar-refractivity contribution < 1.29 is 4.74 Å². The molecule has 0 aromatic carbocycles. The molecule has 0 saturated carbocycles. The molecule has 72 valence electrons. The van der Waals surface area contributed by atoms with E-state index in [1.807, 2.05) is 13.8 Å². The second kappa shape index (κ2) is 3.89. The van der Waals surface area contributed by atoms with E-state index in [9.17, 15) is 0 Å². The summed E-state index contributed by atoms with van der Waals surface area (Å²) in [7, 11) is 0. The van der Waals surface area contributed by atoms with Gasteiger partial charge in [0.25, 0.3) is 0 Å². The van der Waals surface area contributed by atoms with E-state index < -0.39 is 0 Å². The molecule has 1 aromatic rings. The predicted octanol–water partition coefficient (Wildman–Crippen LogP) is 1.25. The molecule has 4 nitrogen and oxygen atoms in total. The van der Waals surface area contributed by atoms with E-state index in [2.05, 4.69) is 9.97 Å². The lowest BCUT2D eigenvalue weighted by Crippen LogP contribution is -2.38. The largest absolute Gasteiger partial charge is 0.462 e. The maximum Gasteiger partial charge on any atom is 0.316 e. The van der Waals surface area contributed by atoms with Crippen LogP contribution >= 0.6 is 11.6 Å². The van der Waals surface area contributed by atoms with Crippen molar-refractivity contribution in [3.63, 3.8) is 0 Å². The summed E-state index contributed by atoms with van der Waals surface area (Å²) in [6, 6.07) is 0.294. The van der Waals surface area contributed by atoms with Crippen LogP contribution in [0.4, 0.5) is 0 Å². The third-order valence-electron chi connectivity index (χ3n) is 1.17. The third kappa shape index (κ3) is 4.05. The summed E-state index contributed by atoms with van der Waals surface area (Å²) in [4.78, 5) is 7.72. The Morgan fingerprint density at radius 2 is 2.00 bits per heavy atom. The standard InChI is InChI=1S/C8H12ClN3O/c1-8(2,10)5-13-7-11-3-6(9)4-12-7/h3-4H,5,10H2,1-2H3. The maximum absolute atomic E-state index is 5.71. The number of nitrogens with zero attached hydrogens (tertiary/aromatic N) is 2. The van der Waals surface area contributed by atoms with Crippen molar-refractivity contribution in [1.29, 1.82) is 0 Å². The summed E-state index contributed by atoms with van der Waals surface area (Å²) in [5.74, 6) is 0. The highest BCUT2D eigenvalue weighted by Crippen LogP contribution is 2.08. The first-order chi connectivity index (χ1) is 5.97. The smallest absolute Gasteiger partial charge is 0.316 e. The molecule has 0 saturated heterocycles. The van der Waals surface area contributed by atoms with Gasteiger partial charge >= 0.3 is 6.01 Å². The van der Waals surface area contributed by atoms with Crippen LogP contribution in [0.5, 0.6) is 6.01 Å². The predicted molar refractivity (Wildman–Crippen MR) is 50.8 cm³/mol. The lowest BCUT2D eigenvalue weighted by molar-refractivity contribution is 0.226. The van der Waals surface area contributed by atoms with E-state index in [0.717, 1.165) is 0 Å². The molecule has 1 rings (SSSR count). The van der Waals surface area contributed by atoms with Crippen LogP contribution in [0.3, 0.4) is 0 Å². The first-order valence-electron chi connectivity index (χ1n) is 3.86. The molecule has 13 heavy (non-hydrogen) atoms. The molecule has 0 fully saturated rings. The average Bonchev–Trinajstić information content (AvgIpc) is 2.02. The molecule has 0 aliphatic heterocycles. The van der Waals surface area contributed by atoms with Crippen LogP contribution in [0.2, 0.25) is 5.02 Å². The fourth-order valence-electron chi connectivity index (χ4n) is 0.626. The third-order valence-corrected chi connectivity index (χ3v) is 1.37. The molecule has 1 aromatic heterocycles. The van der Waals surface area contributed by atoms with Gasteiger partial charge in [-0.25, -0.2) is 9.97 Å². The summed E-state index contributed by atoms with van der Waals surface area (Å²) >= 11 is 5.60. The SMILES string of the molecule is CC(C)(N)COc1ncc(Cl)cn1. The maximum atomic E-state index is 5.71. The number of aromatic nitrogens is 2.